The van der Waals surface area contributed by atoms with Gasteiger partial charge in [0.1, 0.15) is 11.6 Å². The quantitative estimate of drug-likeness (QED) is 0.944. The molecule has 1 aliphatic rings. The van der Waals surface area contributed by atoms with Crippen LogP contribution >= 0.6 is 0 Å². The third-order valence-corrected chi connectivity index (χ3v) is 3.80. The minimum Gasteiger partial charge on any atom is -0.497 e. The molecule has 0 bridgehead atoms. The van der Waals surface area contributed by atoms with Crippen molar-refractivity contribution >= 4 is 11.4 Å². The molecule has 0 amide bonds. The Morgan fingerprint density at radius 2 is 1.86 bits per heavy atom. The van der Waals surface area contributed by atoms with Gasteiger partial charge in [-0.25, -0.2) is 4.39 Å². The third kappa shape index (κ3) is 2.80. The highest BCUT2D eigenvalue weighted by Gasteiger charge is 2.28. The summed E-state index contributed by atoms with van der Waals surface area (Å²) in [6.45, 7) is 0.421. The normalized spacial score (nSPS) is 17.5. The zero-order valence-corrected chi connectivity index (χ0v) is 12.4. The van der Waals surface area contributed by atoms with E-state index in [1.165, 1.54) is 12.1 Å². The van der Waals surface area contributed by atoms with Crippen LogP contribution in [0.5, 0.6) is 5.75 Å². The predicted octanol–water partition coefficient (Wildman–Crippen LogP) is 3.10. The van der Waals surface area contributed by atoms with Gasteiger partial charge in [0.25, 0.3) is 0 Å². The van der Waals surface area contributed by atoms with Gasteiger partial charge in [0, 0.05) is 13.0 Å². The van der Waals surface area contributed by atoms with Crippen LogP contribution in [0.4, 0.5) is 10.1 Å². The summed E-state index contributed by atoms with van der Waals surface area (Å²) in [4.78, 5) is 0. The molecule has 3 rings (SSSR count). The molecule has 5 heteroatoms. The van der Waals surface area contributed by atoms with Crippen LogP contribution in [0, 0.1) is 5.82 Å². The van der Waals surface area contributed by atoms with Gasteiger partial charge in [0.05, 0.1) is 24.6 Å². The summed E-state index contributed by atoms with van der Waals surface area (Å²) < 4.78 is 18.3. The second kappa shape index (κ2) is 6.15. The molecular weight excluding hydrogens is 281 g/mol. The van der Waals surface area contributed by atoms with E-state index >= 15 is 0 Å². The molecule has 0 saturated heterocycles. The van der Waals surface area contributed by atoms with Crippen molar-refractivity contribution in [3.63, 3.8) is 0 Å². The third-order valence-electron chi connectivity index (χ3n) is 3.80. The SMILES string of the molecule is COc1ccc(N2N=C(CN)CC2c2ccc(F)cc2)cc1. The average Bonchev–Trinajstić information content (AvgIpc) is 3.00. The van der Waals surface area contributed by atoms with Crippen LogP contribution in [0.3, 0.4) is 0 Å². The number of hydrogen-bond donors (Lipinski definition) is 1. The molecule has 114 valence electrons. The zero-order valence-electron chi connectivity index (χ0n) is 12.4. The highest BCUT2D eigenvalue weighted by molar-refractivity contribution is 5.90. The Labute approximate surface area is 129 Å². The van der Waals surface area contributed by atoms with E-state index in [4.69, 9.17) is 10.5 Å². The molecule has 4 nitrogen and oxygen atoms in total. The number of benzene rings is 2. The smallest absolute Gasteiger partial charge is 0.123 e. The van der Waals surface area contributed by atoms with Crippen LogP contribution in [-0.2, 0) is 0 Å². The van der Waals surface area contributed by atoms with Gasteiger partial charge >= 0.3 is 0 Å². The second-order valence-corrected chi connectivity index (χ2v) is 5.18. The Bertz CT molecular complexity index is 667. The van der Waals surface area contributed by atoms with Crippen molar-refractivity contribution in [2.24, 2.45) is 10.8 Å². The number of hydrazone groups is 1. The first kappa shape index (κ1) is 14.5. The summed E-state index contributed by atoms with van der Waals surface area (Å²) in [5.41, 5.74) is 8.66. The van der Waals surface area contributed by atoms with E-state index in [0.29, 0.717) is 6.54 Å². The number of methoxy groups -OCH3 is 1. The molecule has 2 aromatic rings. The van der Waals surface area contributed by atoms with Crippen LogP contribution < -0.4 is 15.5 Å². The van der Waals surface area contributed by atoms with Crippen molar-refractivity contribution in [3.05, 3.63) is 59.9 Å². The van der Waals surface area contributed by atoms with Crippen LogP contribution in [0.15, 0.2) is 53.6 Å². The Morgan fingerprint density at radius 1 is 1.18 bits per heavy atom. The lowest BCUT2D eigenvalue weighted by Gasteiger charge is -2.24. The van der Waals surface area contributed by atoms with Crippen molar-refractivity contribution in [1.82, 2.24) is 0 Å². The lowest BCUT2D eigenvalue weighted by Crippen LogP contribution is -2.18. The van der Waals surface area contributed by atoms with Crippen LogP contribution in [0.1, 0.15) is 18.0 Å². The molecule has 1 heterocycles. The van der Waals surface area contributed by atoms with E-state index in [2.05, 4.69) is 5.10 Å². The standard InChI is InChI=1S/C17H18FN3O/c1-22-16-8-6-15(7-9-16)21-17(10-14(11-19)20-21)12-2-4-13(18)5-3-12/h2-9,17H,10-11,19H2,1H3. The van der Waals surface area contributed by atoms with Gasteiger partial charge in [-0.2, -0.15) is 5.10 Å². The van der Waals surface area contributed by atoms with Gasteiger partial charge in [-0.15, -0.1) is 0 Å². The molecule has 0 saturated carbocycles. The first-order valence-corrected chi connectivity index (χ1v) is 7.16. The molecule has 1 aliphatic heterocycles. The molecular formula is C17H18FN3O. The molecule has 1 unspecified atom stereocenters. The average molecular weight is 299 g/mol. The van der Waals surface area contributed by atoms with Gasteiger partial charge in [0.2, 0.25) is 0 Å². The number of ether oxygens (including phenoxy) is 1. The second-order valence-electron chi connectivity index (χ2n) is 5.18. The summed E-state index contributed by atoms with van der Waals surface area (Å²) in [7, 11) is 1.64. The highest BCUT2D eigenvalue weighted by Crippen LogP contribution is 2.35. The maximum absolute atomic E-state index is 13.1. The van der Waals surface area contributed by atoms with Crippen molar-refractivity contribution in [1.29, 1.82) is 0 Å². The van der Waals surface area contributed by atoms with Crippen LogP contribution in [-0.4, -0.2) is 19.4 Å². The highest BCUT2D eigenvalue weighted by atomic mass is 19.1. The monoisotopic (exact) mass is 299 g/mol. The molecule has 1 atom stereocenters. The van der Waals surface area contributed by atoms with Crippen LogP contribution in [0.25, 0.3) is 0 Å². The Morgan fingerprint density at radius 3 is 2.45 bits per heavy atom. The first-order valence-electron chi connectivity index (χ1n) is 7.16. The van der Waals surface area contributed by atoms with E-state index in [1.54, 1.807) is 19.2 Å². The van der Waals surface area contributed by atoms with Crippen molar-refractivity contribution < 1.29 is 9.13 Å². The largest absolute Gasteiger partial charge is 0.497 e. The van der Waals surface area contributed by atoms with E-state index in [1.807, 2.05) is 29.3 Å². The van der Waals surface area contributed by atoms with Gasteiger partial charge < -0.3 is 10.5 Å². The van der Waals surface area contributed by atoms with Gasteiger partial charge in [0.15, 0.2) is 0 Å². The van der Waals surface area contributed by atoms with E-state index in [9.17, 15) is 4.39 Å². The van der Waals surface area contributed by atoms with E-state index in [0.717, 1.165) is 29.1 Å². The fourth-order valence-corrected chi connectivity index (χ4v) is 2.61. The molecule has 0 radical (unpaired) electrons. The van der Waals surface area contributed by atoms with Crippen molar-refractivity contribution in [3.8, 4) is 5.75 Å². The number of anilines is 1. The van der Waals surface area contributed by atoms with Gasteiger partial charge in [-0.3, -0.25) is 5.01 Å². The summed E-state index contributed by atoms with van der Waals surface area (Å²) in [6.07, 6.45) is 0.744. The molecule has 0 aromatic heterocycles. The molecule has 0 fully saturated rings. The number of hydrogen-bond acceptors (Lipinski definition) is 4. The Balaban J connectivity index is 1.93. The molecule has 0 aliphatic carbocycles. The lowest BCUT2D eigenvalue weighted by molar-refractivity contribution is 0.415. The summed E-state index contributed by atoms with van der Waals surface area (Å²) in [5.74, 6) is 0.557. The van der Waals surface area contributed by atoms with E-state index in [-0.39, 0.29) is 11.9 Å². The minimum atomic E-state index is -0.238. The topological polar surface area (TPSA) is 50.8 Å². The van der Waals surface area contributed by atoms with Gasteiger partial charge in [-0.05, 0) is 42.0 Å². The maximum Gasteiger partial charge on any atom is 0.123 e. The fraction of sp³-hybridized carbons (Fsp3) is 0.235. The van der Waals surface area contributed by atoms with Crippen molar-refractivity contribution in [2.75, 3.05) is 18.7 Å². The Kier molecular flexibility index (Phi) is 4.06. The molecule has 2 N–H and O–H groups in total. The Hall–Kier alpha value is -2.40. The number of nitrogens with zero attached hydrogens (tertiary/aromatic N) is 2. The maximum atomic E-state index is 13.1. The van der Waals surface area contributed by atoms with E-state index < -0.39 is 0 Å². The number of halogens is 1. The summed E-state index contributed by atoms with van der Waals surface area (Å²) in [5, 5.41) is 6.54. The number of nitrogens with two attached hydrogens (primary N) is 1. The summed E-state index contributed by atoms with van der Waals surface area (Å²) >= 11 is 0. The summed E-state index contributed by atoms with van der Waals surface area (Å²) in [6, 6.07) is 14.3. The van der Waals surface area contributed by atoms with Gasteiger partial charge in [-0.1, -0.05) is 12.1 Å². The predicted molar refractivity (Wildman–Crippen MR) is 85.7 cm³/mol. The molecule has 2 aromatic carbocycles. The van der Waals surface area contributed by atoms with Crippen molar-refractivity contribution in [2.45, 2.75) is 12.5 Å². The lowest BCUT2D eigenvalue weighted by atomic mass is 10.0. The first-order chi connectivity index (χ1) is 10.7. The minimum absolute atomic E-state index is 0.0348. The number of rotatable bonds is 4. The molecule has 0 spiro atoms. The zero-order chi connectivity index (χ0) is 15.5. The fourth-order valence-electron chi connectivity index (χ4n) is 2.61. The molecule has 22 heavy (non-hydrogen) atoms. The van der Waals surface area contributed by atoms with Crippen LogP contribution in [0.2, 0.25) is 0 Å².